The maximum Gasteiger partial charge on any atom is 0.287 e. The van der Waals surface area contributed by atoms with Crippen molar-refractivity contribution in [2.75, 3.05) is 11.9 Å². The second-order valence-electron chi connectivity index (χ2n) is 3.88. The van der Waals surface area contributed by atoms with E-state index in [9.17, 15) is 9.59 Å². The van der Waals surface area contributed by atoms with Gasteiger partial charge >= 0.3 is 0 Å². The molecule has 0 aliphatic heterocycles. The van der Waals surface area contributed by atoms with Crippen LogP contribution in [0, 0.1) is 0 Å². The zero-order valence-corrected chi connectivity index (χ0v) is 10.7. The maximum absolute atomic E-state index is 11.4. The van der Waals surface area contributed by atoms with E-state index in [-0.39, 0.29) is 23.5 Å². The van der Waals surface area contributed by atoms with Crippen molar-refractivity contribution in [2.24, 2.45) is 7.05 Å². The van der Waals surface area contributed by atoms with Gasteiger partial charge in [-0.05, 0) is 13.8 Å². The summed E-state index contributed by atoms with van der Waals surface area (Å²) in [6.45, 7) is 3.78. The van der Waals surface area contributed by atoms with Gasteiger partial charge in [0.25, 0.3) is 5.56 Å². The summed E-state index contributed by atoms with van der Waals surface area (Å²) in [6.07, 6.45) is 1.41. The van der Waals surface area contributed by atoms with Gasteiger partial charge in [0.15, 0.2) is 0 Å². The third-order valence-corrected chi connectivity index (χ3v) is 2.33. The van der Waals surface area contributed by atoms with Crippen molar-refractivity contribution in [1.29, 1.82) is 0 Å². The Hall–Kier alpha value is -1.56. The molecule has 1 rings (SSSR count). The lowest BCUT2D eigenvalue weighted by molar-refractivity contribution is -0.119. The molecule has 94 valence electrons. The topological polar surface area (TPSA) is 76.0 Å². The molecule has 0 bridgehead atoms. The molecule has 0 fully saturated rings. The van der Waals surface area contributed by atoms with Crippen molar-refractivity contribution in [1.82, 2.24) is 15.1 Å². The number of carbonyl (C=O) groups excluding carboxylic acids is 1. The summed E-state index contributed by atoms with van der Waals surface area (Å²) < 4.78 is 1.13. The SMILES string of the molecule is CC(C)NC(=O)CNc1cnn(C)c(=O)c1Cl. The lowest BCUT2D eigenvalue weighted by Crippen LogP contribution is -2.35. The van der Waals surface area contributed by atoms with E-state index in [0.29, 0.717) is 5.69 Å². The Kier molecular flexibility index (Phi) is 4.51. The summed E-state index contributed by atoms with van der Waals surface area (Å²) in [4.78, 5) is 22.8. The smallest absolute Gasteiger partial charge is 0.287 e. The molecule has 1 aromatic rings. The van der Waals surface area contributed by atoms with Crippen LogP contribution in [0.4, 0.5) is 5.69 Å². The third-order valence-electron chi connectivity index (χ3n) is 1.97. The van der Waals surface area contributed by atoms with Gasteiger partial charge in [-0.2, -0.15) is 5.10 Å². The summed E-state index contributed by atoms with van der Waals surface area (Å²) >= 11 is 5.82. The van der Waals surface area contributed by atoms with Crippen LogP contribution in [0.1, 0.15) is 13.8 Å². The molecule has 0 radical (unpaired) electrons. The number of halogens is 1. The minimum Gasteiger partial charge on any atom is -0.373 e. The van der Waals surface area contributed by atoms with Gasteiger partial charge in [-0.15, -0.1) is 0 Å². The Bertz CT molecular complexity index is 470. The van der Waals surface area contributed by atoms with Crippen molar-refractivity contribution < 1.29 is 4.79 Å². The van der Waals surface area contributed by atoms with E-state index in [2.05, 4.69) is 15.7 Å². The molecule has 0 atom stereocenters. The first-order valence-electron chi connectivity index (χ1n) is 5.17. The molecule has 0 saturated carbocycles. The van der Waals surface area contributed by atoms with Crippen molar-refractivity contribution in [3.8, 4) is 0 Å². The van der Waals surface area contributed by atoms with Gasteiger partial charge in [0.05, 0.1) is 18.4 Å². The van der Waals surface area contributed by atoms with E-state index in [1.165, 1.54) is 13.2 Å². The Morgan fingerprint density at radius 2 is 2.24 bits per heavy atom. The molecule has 1 aromatic heterocycles. The van der Waals surface area contributed by atoms with E-state index >= 15 is 0 Å². The fourth-order valence-corrected chi connectivity index (χ4v) is 1.42. The van der Waals surface area contributed by atoms with Gasteiger partial charge in [0.1, 0.15) is 5.02 Å². The lowest BCUT2D eigenvalue weighted by atomic mass is 10.4. The molecule has 0 spiro atoms. The molecular weight excluding hydrogens is 244 g/mol. The van der Waals surface area contributed by atoms with Gasteiger partial charge in [-0.3, -0.25) is 9.59 Å². The second-order valence-corrected chi connectivity index (χ2v) is 4.25. The highest BCUT2D eigenvalue weighted by Crippen LogP contribution is 2.14. The normalized spacial score (nSPS) is 10.4. The molecule has 17 heavy (non-hydrogen) atoms. The zero-order valence-electron chi connectivity index (χ0n) is 9.95. The molecule has 0 aliphatic carbocycles. The third kappa shape index (κ3) is 3.74. The molecule has 1 heterocycles. The Morgan fingerprint density at radius 3 is 2.82 bits per heavy atom. The molecule has 0 aliphatic rings. The Balaban J connectivity index is 2.68. The molecule has 1 amide bonds. The second kappa shape index (κ2) is 5.67. The highest BCUT2D eigenvalue weighted by molar-refractivity contribution is 6.33. The minimum absolute atomic E-state index is 0.0276. The van der Waals surface area contributed by atoms with Gasteiger partial charge < -0.3 is 10.6 Å². The maximum atomic E-state index is 11.4. The number of anilines is 1. The standard InChI is InChI=1S/C10H15ClN4O2/c1-6(2)14-8(16)5-12-7-4-13-15(3)10(17)9(7)11/h4,6,12H,5H2,1-3H3,(H,14,16). The summed E-state index contributed by atoms with van der Waals surface area (Å²) in [5.74, 6) is -0.170. The average molecular weight is 259 g/mol. The number of aromatic nitrogens is 2. The van der Waals surface area contributed by atoms with E-state index in [0.717, 1.165) is 4.68 Å². The number of aryl methyl sites for hydroxylation is 1. The van der Waals surface area contributed by atoms with Crippen molar-refractivity contribution in [3.63, 3.8) is 0 Å². The van der Waals surface area contributed by atoms with Crippen LogP contribution in [-0.2, 0) is 11.8 Å². The molecular formula is C10H15ClN4O2. The first-order chi connectivity index (χ1) is 7.91. The van der Waals surface area contributed by atoms with Crippen molar-refractivity contribution >= 4 is 23.2 Å². The van der Waals surface area contributed by atoms with Crippen LogP contribution in [0.15, 0.2) is 11.0 Å². The summed E-state index contributed by atoms with van der Waals surface area (Å²) in [5.41, 5.74) is -0.0467. The molecule has 0 aromatic carbocycles. The zero-order chi connectivity index (χ0) is 13.0. The van der Waals surface area contributed by atoms with Crippen LogP contribution in [0.3, 0.4) is 0 Å². The Morgan fingerprint density at radius 1 is 1.59 bits per heavy atom. The van der Waals surface area contributed by atoms with E-state index in [4.69, 9.17) is 11.6 Å². The number of rotatable bonds is 4. The fraction of sp³-hybridized carbons (Fsp3) is 0.500. The largest absolute Gasteiger partial charge is 0.373 e. The molecule has 2 N–H and O–H groups in total. The van der Waals surface area contributed by atoms with Crippen LogP contribution >= 0.6 is 11.6 Å². The highest BCUT2D eigenvalue weighted by Gasteiger charge is 2.09. The molecule has 0 saturated heterocycles. The molecule has 7 heteroatoms. The predicted octanol–water partition coefficient (Wildman–Crippen LogP) is 0.370. The molecule has 0 unspecified atom stereocenters. The highest BCUT2D eigenvalue weighted by atomic mass is 35.5. The first kappa shape index (κ1) is 13.5. The van der Waals surface area contributed by atoms with Crippen LogP contribution in [0.5, 0.6) is 0 Å². The van der Waals surface area contributed by atoms with Crippen LogP contribution < -0.4 is 16.2 Å². The van der Waals surface area contributed by atoms with E-state index < -0.39 is 5.56 Å². The monoisotopic (exact) mass is 258 g/mol. The van der Waals surface area contributed by atoms with Crippen LogP contribution in [0.2, 0.25) is 5.02 Å². The van der Waals surface area contributed by atoms with Crippen LogP contribution in [-0.4, -0.2) is 28.3 Å². The van der Waals surface area contributed by atoms with Gasteiger partial charge in [-0.25, -0.2) is 4.68 Å². The number of nitrogens with zero attached hydrogens (tertiary/aromatic N) is 2. The van der Waals surface area contributed by atoms with Gasteiger partial charge in [-0.1, -0.05) is 11.6 Å². The summed E-state index contributed by atoms with van der Waals surface area (Å²) in [7, 11) is 1.50. The van der Waals surface area contributed by atoms with Gasteiger partial charge in [0, 0.05) is 13.1 Å². The predicted molar refractivity (Wildman–Crippen MR) is 66.3 cm³/mol. The van der Waals surface area contributed by atoms with E-state index in [1.54, 1.807) is 0 Å². The molecule has 6 nitrogen and oxygen atoms in total. The number of nitrogens with one attached hydrogen (secondary N) is 2. The van der Waals surface area contributed by atoms with Crippen molar-refractivity contribution in [2.45, 2.75) is 19.9 Å². The Labute approximate surface area is 104 Å². The fourth-order valence-electron chi connectivity index (χ4n) is 1.18. The number of hydrogen-bond acceptors (Lipinski definition) is 4. The lowest BCUT2D eigenvalue weighted by Gasteiger charge is -2.10. The summed E-state index contributed by atoms with van der Waals surface area (Å²) in [6, 6.07) is 0.0709. The van der Waals surface area contributed by atoms with Crippen molar-refractivity contribution in [3.05, 3.63) is 21.6 Å². The first-order valence-corrected chi connectivity index (χ1v) is 5.54. The number of amides is 1. The van der Waals surface area contributed by atoms with Crippen LogP contribution in [0.25, 0.3) is 0 Å². The summed E-state index contributed by atoms with van der Waals surface area (Å²) in [5, 5.41) is 9.31. The van der Waals surface area contributed by atoms with Gasteiger partial charge in [0.2, 0.25) is 5.91 Å². The average Bonchev–Trinajstić information content (AvgIpc) is 2.24. The number of hydrogen-bond donors (Lipinski definition) is 2. The quantitative estimate of drug-likeness (QED) is 0.818. The minimum atomic E-state index is -0.402. The number of carbonyl (C=O) groups is 1. The van der Waals surface area contributed by atoms with E-state index in [1.807, 2.05) is 13.8 Å².